The number of sulfone groups is 1. The summed E-state index contributed by atoms with van der Waals surface area (Å²) in [5.74, 6) is 0. The van der Waals surface area contributed by atoms with E-state index in [4.69, 9.17) is 0 Å². The summed E-state index contributed by atoms with van der Waals surface area (Å²) in [6.07, 6.45) is 5.09. The Bertz CT molecular complexity index is 251. The van der Waals surface area contributed by atoms with Gasteiger partial charge >= 0.3 is 0 Å². The van der Waals surface area contributed by atoms with Crippen LogP contribution in [0.3, 0.4) is 0 Å². The van der Waals surface area contributed by atoms with Crippen molar-refractivity contribution in [3.8, 4) is 0 Å². The fourth-order valence-corrected chi connectivity index (χ4v) is 2.88. The van der Waals surface area contributed by atoms with Crippen LogP contribution < -0.4 is 0 Å². The van der Waals surface area contributed by atoms with Gasteiger partial charge in [-0.1, -0.05) is 18.6 Å². The molecule has 0 N–H and O–H groups in total. The Balaban J connectivity index is 2.78. The van der Waals surface area contributed by atoms with E-state index in [1.54, 1.807) is 0 Å². The van der Waals surface area contributed by atoms with Gasteiger partial charge in [-0.3, -0.25) is 0 Å². The van der Waals surface area contributed by atoms with Gasteiger partial charge in [-0.05, 0) is 19.3 Å². The first-order valence-corrected chi connectivity index (χ1v) is 5.84. The molecule has 0 radical (unpaired) electrons. The van der Waals surface area contributed by atoms with E-state index in [-0.39, 0.29) is 5.25 Å². The van der Waals surface area contributed by atoms with E-state index in [2.05, 4.69) is 6.58 Å². The van der Waals surface area contributed by atoms with Crippen molar-refractivity contribution in [1.29, 1.82) is 0 Å². The van der Waals surface area contributed by atoms with Crippen molar-refractivity contribution in [3.05, 3.63) is 12.2 Å². The quantitative estimate of drug-likeness (QED) is 0.565. The highest BCUT2D eigenvalue weighted by atomic mass is 32.2. The van der Waals surface area contributed by atoms with Crippen molar-refractivity contribution in [1.82, 2.24) is 0 Å². The zero-order valence-electron chi connectivity index (χ0n) is 6.84. The Morgan fingerprint density at radius 2 is 2.09 bits per heavy atom. The number of hydrogen-bond donors (Lipinski definition) is 0. The van der Waals surface area contributed by atoms with Gasteiger partial charge in [0.15, 0.2) is 9.84 Å². The van der Waals surface area contributed by atoms with Crippen LogP contribution in [0.1, 0.15) is 25.7 Å². The van der Waals surface area contributed by atoms with Gasteiger partial charge in [-0.2, -0.15) is 0 Å². The fourth-order valence-electron chi connectivity index (χ4n) is 1.56. The zero-order valence-corrected chi connectivity index (χ0v) is 7.65. The van der Waals surface area contributed by atoms with Crippen molar-refractivity contribution in [3.63, 3.8) is 0 Å². The molecule has 1 aliphatic carbocycles. The third kappa shape index (κ3) is 2.06. The molecule has 0 aromatic carbocycles. The molecule has 1 fully saturated rings. The average Bonchev–Trinajstić information content (AvgIpc) is 1.86. The highest BCUT2D eigenvalue weighted by Crippen LogP contribution is 2.26. The van der Waals surface area contributed by atoms with Gasteiger partial charge < -0.3 is 0 Å². The highest BCUT2D eigenvalue weighted by Gasteiger charge is 2.25. The fraction of sp³-hybridized carbons (Fsp3) is 0.750. The van der Waals surface area contributed by atoms with Crippen molar-refractivity contribution in [2.45, 2.75) is 30.9 Å². The van der Waals surface area contributed by atoms with Gasteiger partial charge in [0.25, 0.3) is 0 Å². The molecule has 2 nitrogen and oxygen atoms in total. The molecular formula is C8H14O2S. The second kappa shape index (κ2) is 2.97. The van der Waals surface area contributed by atoms with Crippen molar-refractivity contribution in [2.75, 3.05) is 6.26 Å². The van der Waals surface area contributed by atoms with Gasteiger partial charge in [-0.15, -0.1) is 0 Å². The minimum Gasteiger partial charge on any atom is -0.229 e. The minimum absolute atomic E-state index is 0.253. The maximum Gasteiger partial charge on any atom is 0.154 e. The lowest BCUT2D eigenvalue weighted by atomic mass is 9.96. The Kier molecular flexibility index (Phi) is 2.37. The first-order chi connectivity index (χ1) is 5.02. The van der Waals surface area contributed by atoms with Crippen LogP contribution in [0.25, 0.3) is 0 Å². The molecule has 1 saturated carbocycles. The highest BCUT2D eigenvalue weighted by molar-refractivity contribution is 7.91. The van der Waals surface area contributed by atoms with Crippen LogP contribution in [0.15, 0.2) is 12.2 Å². The molecule has 1 rings (SSSR count). The summed E-state index contributed by atoms with van der Waals surface area (Å²) in [5.41, 5.74) is 0.902. The average molecular weight is 174 g/mol. The molecule has 1 aliphatic rings. The van der Waals surface area contributed by atoms with Crippen LogP contribution in [0.2, 0.25) is 0 Å². The van der Waals surface area contributed by atoms with Gasteiger partial charge in [0, 0.05) is 6.26 Å². The molecule has 11 heavy (non-hydrogen) atoms. The van der Waals surface area contributed by atoms with E-state index in [1.165, 1.54) is 6.26 Å². The van der Waals surface area contributed by atoms with Crippen LogP contribution in [-0.4, -0.2) is 19.9 Å². The monoisotopic (exact) mass is 174 g/mol. The zero-order chi connectivity index (χ0) is 8.48. The molecule has 0 amide bonds. The first kappa shape index (κ1) is 8.78. The predicted molar refractivity (Wildman–Crippen MR) is 46.2 cm³/mol. The van der Waals surface area contributed by atoms with Gasteiger partial charge in [0.1, 0.15) is 0 Å². The van der Waals surface area contributed by atoms with Crippen molar-refractivity contribution < 1.29 is 8.42 Å². The first-order valence-electron chi connectivity index (χ1n) is 3.88. The molecule has 1 atom stereocenters. The van der Waals surface area contributed by atoms with Gasteiger partial charge in [0.2, 0.25) is 0 Å². The van der Waals surface area contributed by atoms with E-state index >= 15 is 0 Å². The van der Waals surface area contributed by atoms with Crippen molar-refractivity contribution in [2.24, 2.45) is 0 Å². The maximum atomic E-state index is 11.1. The molecule has 0 bridgehead atoms. The van der Waals surface area contributed by atoms with Crippen LogP contribution in [0.4, 0.5) is 0 Å². The molecule has 0 aromatic heterocycles. The summed E-state index contributed by atoms with van der Waals surface area (Å²) in [5, 5.41) is -0.253. The topological polar surface area (TPSA) is 34.1 Å². The lowest BCUT2D eigenvalue weighted by Gasteiger charge is -2.22. The standard InChI is InChI=1S/C8H14O2S/c1-7-5-3-4-6-8(7)11(2,9)10/h8H,1,3-6H2,2H3. The molecular weight excluding hydrogens is 160 g/mol. The summed E-state index contributed by atoms with van der Waals surface area (Å²) in [6.45, 7) is 3.78. The van der Waals surface area contributed by atoms with Gasteiger partial charge in [-0.25, -0.2) is 8.42 Å². The smallest absolute Gasteiger partial charge is 0.154 e. The normalized spacial score (nSPS) is 27.0. The Morgan fingerprint density at radius 3 is 2.45 bits per heavy atom. The van der Waals surface area contributed by atoms with Crippen LogP contribution in [0, 0.1) is 0 Å². The molecule has 0 spiro atoms. The Labute approximate surface area is 68.2 Å². The Hall–Kier alpha value is -0.310. The third-order valence-corrected chi connectivity index (χ3v) is 3.79. The largest absolute Gasteiger partial charge is 0.229 e. The molecule has 1 unspecified atom stereocenters. The number of rotatable bonds is 1. The second-order valence-electron chi connectivity index (χ2n) is 3.22. The van der Waals surface area contributed by atoms with Gasteiger partial charge in [0.05, 0.1) is 5.25 Å². The van der Waals surface area contributed by atoms with E-state index < -0.39 is 9.84 Å². The molecule has 64 valence electrons. The lowest BCUT2D eigenvalue weighted by molar-refractivity contribution is 0.552. The Morgan fingerprint density at radius 1 is 1.45 bits per heavy atom. The van der Waals surface area contributed by atoms with Crippen LogP contribution in [0.5, 0.6) is 0 Å². The molecule has 0 aromatic rings. The molecule has 3 heteroatoms. The van der Waals surface area contributed by atoms with Crippen molar-refractivity contribution >= 4 is 9.84 Å². The van der Waals surface area contributed by atoms with E-state index in [0.717, 1.165) is 31.3 Å². The third-order valence-electron chi connectivity index (χ3n) is 2.19. The van der Waals surface area contributed by atoms with E-state index in [1.807, 2.05) is 0 Å². The summed E-state index contributed by atoms with van der Waals surface area (Å²) >= 11 is 0. The number of hydrogen-bond acceptors (Lipinski definition) is 2. The van der Waals surface area contributed by atoms with E-state index in [0.29, 0.717) is 0 Å². The SMILES string of the molecule is C=C1CCCCC1S(C)(=O)=O. The molecule has 0 saturated heterocycles. The molecule has 0 aliphatic heterocycles. The summed E-state index contributed by atoms with van der Waals surface area (Å²) in [7, 11) is -2.87. The van der Waals surface area contributed by atoms with Crippen LogP contribution in [-0.2, 0) is 9.84 Å². The summed E-state index contributed by atoms with van der Waals surface area (Å²) < 4.78 is 22.3. The molecule has 0 heterocycles. The maximum absolute atomic E-state index is 11.1. The van der Waals surface area contributed by atoms with Crippen LogP contribution >= 0.6 is 0 Å². The second-order valence-corrected chi connectivity index (χ2v) is 5.45. The van der Waals surface area contributed by atoms with E-state index in [9.17, 15) is 8.42 Å². The minimum atomic E-state index is -2.87. The summed E-state index contributed by atoms with van der Waals surface area (Å²) in [6, 6.07) is 0. The lowest BCUT2D eigenvalue weighted by Crippen LogP contribution is -2.24. The predicted octanol–water partition coefficient (Wildman–Crippen LogP) is 1.53. The summed E-state index contributed by atoms with van der Waals surface area (Å²) in [4.78, 5) is 0.